The minimum absolute atomic E-state index is 0.119. The van der Waals surface area contributed by atoms with E-state index in [0.29, 0.717) is 24.5 Å². The second-order valence-electron chi connectivity index (χ2n) is 19.6. The third kappa shape index (κ3) is 8.01. The van der Waals surface area contributed by atoms with E-state index in [1.54, 1.807) is 6.20 Å². The summed E-state index contributed by atoms with van der Waals surface area (Å²) >= 11 is 1.83. The summed E-state index contributed by atoms with van der Waals surface area (Å²) in [6.07, 6.45) is 12.6. The molecule has 4 atom stereocenters. The van der Waals surface area contributed by atoms with Gasteiger partial charge in [0.15, 0.2) is 5.58 Å². The highest BCUT2D eigenvalue weighted by Crippen LogP contribution is 2.57. The SMILES string of the molecule is COC(=O)NC(C(=O)N1CCCC1c1ncc(-c2ccc(-c3sc(-c4ccc5nc([C@@H]6CCCN6C(=O)C(NC(=O)OC)C(C)C)[nH]c5c4)c4c3CC3(CCCC3)C4)c3cnoc23)[nH]1)C(C)C. The first-order valence-electron chi connectivity index (χ1n) is 23.7. The van der Waals surface area contributed by atoms with Crippen molar-refractivity contribution >= 4 is 57.3 Å². The van der Waals surface area contributed by atoms with E-state index in [1.807, 2.05) is 55.0 Å². The van der Waals surface area contributed by atoms with Crippen LogP contribution in [0.4, 0.5) is 9.59 Å². The molecule has 1 saturated carbocycles. The van der Waals surface area contributed by atoms with Crippen molar-refractivity contribution in [3.63, 3.8) is 0 Å². The number of methoxy groups -OCH3 is 2. The number of aromatic nitrogens is 5. The van der Waals surface area contributed by atoms with E-state index in [4.69, 9.17) is 24.0 Å². The summed E-state index contributed by atoms with van der Waals surface area (Å²) in [5, 5.41) is 10.7. The number of imidazole rings is 2. The number of amides is 4. The van der Waals surface area contributed by atoms with Crippen molar-refractivity contribution in [1.29, 1.82) is 0 Å². The highest BCUT2D eigenvalue weighted by molar-refractivity contribution is 7.19. The Morgan fingerprint density at radius 3 is 2.01 bits per heavy atom. The fourth-order valence-electron chi connectivity index (χ4n) is 11.3. The number of hydrogen-bond donors (Lipinski definition) is 4. The summed E-state index contributed by atoms with van der Waals surface area (Å²) in [5.74, 6) is 0.896. The summed E-state index contributed by atoms with van der Waals surface area (Å²) in [7, 11) is 2.60. The summed E-state index contributed by atoms with van der Waals surface area (Å²) < 4.78 is 15.7. The molecule has 3 unspecified atom stereocenters. The highest BCUT2D eigenvalue weighted by atomic mass is 32.1. The molecule has 17 heteroatoms. The van der Waals surface area contributed by atoms with E-state index in [0.717, 1.165) is 83.2 Å². The molecule has 0 radical (unpaired) electrons. The summed E-state index contributed by atoms with van der Waals surface area (Å²) in [6.45, 7) is 8.81. The maximum absolute atomic E-state index is 13.9. The highest BCUT2D eigenvalue weighted by Gasteiger charge is 2.44. The van der Waals surface area contributed by atoms with Gasteiger partial charge in [-0.2, -0.15) is 0 Å². The number of benzene rings is 2. The number of thiophene rings is 1. The molecule has 2 aliphatic carbocycles. The lowest BCUT2D eigenvalue weighted by molar-refractivity contribution is -0.136. The minimum Gasteiger partial charge on any atom is -0.453 e. The lowest BCUT2D eigenvalue weighted by Crippen LogP contribution is -2.51. The number of rotatable bonds is 11. The third-order valence-corrected chi connectivity index (χ3v) is 16.1. The Labute approximate surface area is 392 Å². The van der Waals surface area contributed by atoms with Crippen LogP contribution in [0.2, 0.25) is 0 Å². The molecule has 4 amide bonds. The number of fused-ring (bicyclic) bond motifs is 3. The molecule has 16 nitrogen and oxygen atoms in total. The first kappa shape index (κ1) is 44.6. The molecule has 6 aromatic rings. The molecule has 2 saturated heterocycles. The van der Waals surface area contributed by atoms with Crippen molar-refractivity contribution in [1.82, 2.24) is 45.5 Å². The predicted molar refractivity (Wildman–Crippen MR) is 254 cm³/mol. The second-order valence-corrected chi connectivity index (χ2v) is 20.7. The van der Waals surface area contributed by atoms with Crippen LogP contribution in [0.3, 0.4) is 0 Å². The normalized spacial score (nSPS) is 19.8. The number of likely N-dealkylation sites (tertiary alicyclic amines) is 2. The Morgan fingerprint density at radius 1 is 0.776 bits per heavy atom. The Morgan fingerprint density at radius 2 is 1.39 bits per heavy atom. The average Bonchev–Trinajstić information content (AvgIpc) is 4.18. The monoisotopic (exact) mass is 929 g/mol. The quantitative estimate of drug-likeness (QED) is 0.0971. The molecular weight excluding hydrogens is 871 g/mol. The van der Waals surface area contributed by atoms with Gasteiger partial charge >= 0.3 is 12.2 Å². The molecule has 1 spiro atoms. The Kier molecular flexibility index (Phi) is 11.8. The van der Waals surface area contributed by atoms with Gasteiger partial charge in [0.05, 0.1) is 60.8 Å². The molecule has 10 rings (SSSR count). The van der Waals surface area contributed by atoms with Crippen LogP contribution in [0.15, 0.2) is 47.2 Å². The second kappa shape index (κ2) is 17.8. The zero-order chi connectivity index (χ0) is 46.7. The Balaban J connectivity index is 0.959. The van der Waals surface area contributed by atoms with Crippen LogP contribution >= 0.6 is 11.3 Å². The van der Waals surface area contributed by atoms with Gasteiger partial charge in [-0.15, -0.1) is 11.3 Å². The molecule has 3 fully saturated rings. The van der Waals surface area contributed by atoms with E-state index in [-0.39, 0.29) is 41.1 Å². The van der Waals surface area contributed by atoms with Gasteiger partial charge in [-0.3, -0.25) is 9.59 Å². The number of nitrogens with one attached hydrogen (secondary N) is 4. The van der Waals surface area contributed by atoms with Crippen molar-refractivity contribution in [2.45, 2.75) is 116 Å². The third-order valence-electron chi connectivity index (χ3n) is 14.8. The number of H-pyrrole nitrogens is 2. The van der Waals surface area contributed by atoms with Crippen LogP contribution in [-0.2, 0) is 31.9 Å². The molecule has 0 bridgehead atoms. The lowest BCUT2D eigenvalue weighted by atomic mass is 9.83. The lowest BCUT2D eigenvalue weighted by Gasteiger charge is -2.30. The number of aromatic amines is 2. The number of carbonyl (C=O) groups excluding carboxylic acids is 4. The topological polar surface area (TPSA) is 201 Å². The fourth-order valence-corrected chi connectivity index (χ4v) is 12.7. The molecule has 2 aliphatic heterocycles. The van der Waals surface area contributed by atoms with Gasteiger partial charge in [0.25, 0.3) is 0 Å². The number of alkyl carbamates (subject to hydrolysis) is 2. The van der Waals surface area contributed by atoms with Crippen molar-refractivity contribution in [3.8, 4) is 32.1 Å². The molecule has 4 aromatic heterocycles. The molecule has 4 N–H and O–H groups in total. The summed E-state index contributed by atoms with van der Waals surface area (Å²) in [5.41, 5.74) is 9.37. The van der Waals surface area contributed by atoms with Gasteiger partial charge in [-0.05, 0) is 104 Å². The van der Waals surface area contributed by atoms with Gasteiger partial charge in [-0.1, -0.05) is 57.8 Å². The van der Waals surface area contributed by atoms with E-state index in [2.05, 4.69) is 56.1 Å². The maximum Gasteiger partial charge on any atom is 0.407 e. The molecule has 352 valence electrons. The molecule has 67 heavy (non-hydrogen) atoms. The van der Waals surface area contributed by atoms with Gasteiger partial charge in [0, 0.05) is 34.0 Å². The fraction of sp³-hybridized carbons (Fsp3) is 0.500. The van der Waals surface area contributed by atoms with Gasteiger partial charge in [0.1, 0.15) is 23.7 Å². The standard InChI is InChI=1S/C50H59N9O7S/c1-26(2)39(56-48(62)64-5)46(60)58-19-9-11-37(58)44-51-25-36(55-44)30-15-14-29(33-24-52-66-41(30)33)43-32-23-50(17-7-8-18-50)22-31(32)42(67-43)28-13-16-34-35(21-28)54-45(53-34)38-12-10-20-59(38)47(61)40(27(3)4)57-49(63)65-6/h13-16,21,24-27,37-40H,7-12,17-20,22-23H2,1-6H3,(H,51,55)(H,53,54)(H,56,62)(H,57,63)/t37?,38-,39?,40?/m0/s1. The van der Waals surface area contributed by atoms with Crippen LogP contribution in [0.25, 0.3) is 54.1 Å². The van der Waals surface area contributed by atoms with E-state index in [1.165, 1.54) is 60.8 Å². The van der Waals surface area contributed by atoms with Gasteiger partial charge in [-0.25, -0.2) is 19.6 Å². The van der Waals surface area contributed by atoms with Gasteiger partial charge in [0.2, 0.25) is 11.8 Å². The maximum atomic E-state index is 13.9. The summed E-state index contributed by atoms with van der Waals surface area (Å²) in [4.78, 5) is 75.2. The molecular formula is C50H59N9O7S. The van der Waals surface area contributed by atoms with Crippen molar-refractivity contribution in [2.75, 3.05) is 27.3 Å². The minimum atomic E-state index is -0.720. The van der Waals surface area contributed by atoms with Crippen molar-refractivity contribution < 1.29 is 33.2 Å². The first-order valence-corrected chi connectivity index (χ1v) is 24.6. The van der Waals surface area contributed by atoms with Crippen LogP contribution in [-0.4, -0.2) is 98.3 Å². The summed E-state index contributed by atoms with van der Waals surface area (Å²) in [6, 6.07) is 8.83. The van der Waals surface area contributed by atoms with Crippen molar-refractivity contribution in [3.05, 3.63) is 65.5 Å². The smallest absolute Gasteiger partial charge is 0.407 e. The molecule has 4 aliphatic rings. The number of carbonyl (C=O) groups is 4. The first-order chi connectivity index (χ1) is 32.4. The van der Waals surface area contributed by atoms with E-state index in [9.17, 15) is 19.2 Å². The van der Waals surface area contributed by atoms with Gasteiger partial charge < -0.3 is 44.4 Å². The average molecular weight is 930 g/mol. The Hall–Kier alpha value is -6.23. The largest absolute Gasteiger partial charge is 0.453 e. The molecule has 6 heterocycles. The van der Waals surface area contributed by atoms with Crippen LogP contribution in [0.5, 0.6) is 0 Å². The van der Waals surface area contributed by atoms with E-state index >= 15 is 0 Å². The number of ether oxygens (including phenoxy) is 2. The zero-order valence-corrected chi connectivity index (χ0v) is 39.8. The van der Waals surface area contributed by atoms with Crippen LogP contribution in [0.1, 0.15) is 114 Å². The number of hydrogen-bond acceptors (Lipinski definition) is 11. The van der Waals surface area contributed by atoms with E-state index < -0.39 is 24.3 Å². The molecule has 2 aromatic carbocycles. The number of nitrogens with zero attached hydrogens (tertiary/aromatic N) is 5. The van der Waals surface area contributed by atoms with Crippen LogP contribution < -0.4 is 10.6 Å². The Bertz CT molecular complexity index is 2870. The van der Waals surface area contributed by atoms with Crippen LogP contribution in [0, 0.1) is 17.3 Å². The zero-order valence-electron chi connectivity index (χ0n) is 39.0. The predicted octanol–water partition coefficient (Wildman–Crippen LogP) is 9.24. The van der Waals surface area contributed by atoms with Crippen molar-refractivity contribution in [2.24, 2.45) is 17.3 Å².